The minimum atomic E-state index is -3.34. The van der Waals surface area contributed by atoms with Gasteiger partial charge in [0.1, 0.15) is 11.9 Å². The molecule has 7 nitrogen and oxygen atoms in total. The molecule has 1 aliphatic heterocycles. The predicted molar refractivity (Wildman–Crippen MR) is 85.0 cm³/mol. The molecule has 0 radical (unpaired) electrons. The van der Waals surface area contributed by atoms with Gasteiger partial charge >= 0.3 is 0 Å². The highest BCUT2D eigenvalue weighted by atomic mass is 32.2. The number of pyridine rings is 1. The van der Waals surface area contributed by atoms with E-state index in [1.165, 1.54) is 4.31 Å². The number of amides is 1. The predicted octanol–water partition coefficient (Wildman–Crippen LogP) is 0.188. The first-order chi connectivity index (χ1) is 10.3. The van der Waals surface area contributed by atoms with Crippen LogP contribution in [0.4, 0.5) is 5.82 Å². The maximum atomic E-state index is 12.3. The zero-order valence-corrected chi connectivity index (χ0v) is 13.9. The van der Waals surface area contributed by atoms with Crippen molar-refractivity contribution in [2.75, 3.05) is 31.8 Å². The van der Waals surface area contributed by atoms with E-state index in [2.05, 4.69) is 10.3 Å². The molecule has 1 N–H and O–H groups in total. The van der Waals surface area contributed by atoms with Gasteiger partial charge in [0, 0.05) is 33.4 Å². The largest absolute Gasteiger partial charge is 0.363 e. The van der Waals surface area contributed by atoms with Crippen LogP contribution in [0.25, 0.3) is 0 Å². The van der Waals surface area contributed by atoms with Crippen LogP contribution < -0.4 is 10.2 Å². The van der Waals surface area contributed by atoms with Crippen molar-refractivity contribution in [2.45, 2.75) is 25.4 Å². The minimum absolute atomic E-state index is 0.244. The smallest absolute Gasteiger partial charge is 0.238 e. The molecule has 1 atom stereocenters. The molecule has 1 aromatic rings. The van der Waals surface area contributed by atoms with Crippen molar-refractivity contribution >= 4 is 21.7 Å². The van der Waals surface area contributed by atoms with Crippen LogP contribution in [0.15, 0.2) is 18.3 Å². The maximum absolute atomic E-state index is 12.3. The molecule has 2 heterocycles. The third-order valence-corrected chi connectivity index (χ3v) is 4.96. The number of rotatable bonds is 5. The lowest BCUT2D eigenvalue weighted by atomic mass is 10.2. The van der Waals surface area contributed by atoms with Crippen LogP contribution in [0, 0.1) is 0 Å². The summed E-state index contributed by atoms with van der Waals surface area (Å²) >= 11 is 0. The second-order valence-electron chi connectivity index (χ2n) is 5.67. The van der Waals surface area contributed by atoms with Crippen molar-refractivity contribution in [1.29, 1.82) is 0 Å². The highest BCUT2D eigenvalue weighted by Crippen LogP contribution is 2.20. The van der Waals surface area contributed by atoms with Crippen molar-refractivity contribution in [2.24, 2.45) is 0 Å². The highest BCUT2D eigenvalue weighted by molar-refractivity contribution is 7.88. The average molecular weight is 326 g/mol. The number of anilines is 1. The Morgan fingerprint density at radius 2 is 2.23 bits per heavy atom. The second kappa shape index (κ2) is 6.62. The summed E-state index contributed by atoms with van der Waals surface area (Å²) in [5, 5.41) is 2.82. The number of carbonyl (C=O) groups is 1. The lowest BCUT2D eigenvalue weighted by molar-refractivity contribution is -0.124. The summed E-state index contributed by atoms with van der Waals surface area (Å²) in [5.41, 5.74) is 0.927. The molecule has 8 heteroatoms. The zero-order chi connectivity index (χ0) is 16.3. The second-order valence-corrected chi connectivity index (χ2v) is 7.60. The SMILES string of the molecule is CN(C)c1cc(CNC(=O)[C@@H]2CCCN2S(C)(=O)=O)ccn1. The van der Waals surface area contributed by atoms with Crippen molar-refractivity contribution in [3.63, 3.8) is 0 Å². The van der Waals surface area contributed by atoms with E-state index < -0.39 is 16.1 Å². The van der Waals surface area contributed by atoms with Crippen molar-refractivity contribution < 1.29 is 13.2 Å². The third-order valence-electron chi connectivity index (χ3n) is 3.67. The molecule has 1 saturated heterocycles. The molecule has 1 aliphatic rings. The van der Waals surface area contributed by atoms with Crippen LogP contribution in [0.3, 0.4) is 0 Å². The van der Waals surface area contributed by atoms with E-state index in [0.717, 1.165) is 17.6 Å². The number of sulfonamides is 1. The first-order valence-electron chi connectivity index (χ1n) is 7.16. The number of nitrogens with zero attached hydrogens (tertiary/aromatic N) is 3. The van der Waals surface area contributed by atoms with Gasteiger partial charge in [-0.3, -0.25) is 4.79 Å². The van der Waals surface area contributed by atoms with Gasteiger partial charge in [0.15, 0.2) is 0 Å². The van der Waals surface area contributed by atoms with Gasteiger partial charge in [0.25, 0.3) is 0 Å². The van der Waals surface area contributed by atoms with E-state index in [1.807, 2.05) is 31.1 Å². The van der Waals surface area contributed by atoms with Gasteiger partial charge in [-0.2, -0.15) is 4.31 Å². The van der Waals surface area contributed by atoms with Gasteiger partial charge in [-0.15, -0.1) is 0 Å². The van der Waals surface area contributed by atoms with Crippen LogP contribution in [0.5, 0.6) is 0 Å². The Morgan fingerprint density at radius 3 is 2.86 bits per heavy atom. The van der Waals surface area contributed by atoms with Gasteiger partial charge in [0.05, 0.1) is 6.26 Å². The lowest BCUT2D eigenvalue weighted by Gasteiger charge is -2.21. The summed E-state index contributed by atoms with van der Waals surface area (Å²) in [6, 6.07) is 3.13. The van der Waals surface area contributed by atoms with E-state index in [1.54, 1.807) is 6.20 Å². The third kappa shape index (κ3) is 3.95. The number of hydrogen-bond donors (Lipinski definition) is 1. The Labute approximate surface area is 131 Å². The van der Waals surface area contributed by atoms with E-state index >= 15 is 0 Å². The summed E-state index contributed by atoms with van der Waals surface area (Å²) in [7, 11) is 0.450. The van der Waals surface area contributed by atoms with Crippen LogP contribution in [-0.2, 0) is 21.4 Å². The monoisotopic (exact) mass is 326 g/mol. The minimum Gasteiger partial charge on any atom is -0.363 e. The first kappa shape index (κ1) is 16.7. The molecule has 22 heavy (non-hydrogen) atoms. The first-order valence-corrected chi connectivity index (χ1v) is 9.00. The molecular weight excluding hydrogens is 304 g/mol. The van der Waals surface area contributed by atoms with Gasteiger partial charge in [-0.1, -0.05) is 0 Å². The van der Waals surface area contributed by atoms with Crippen LogP contribution >= 0.6 is 0 Å². The Balaban J connectivity index is 1.99. The molecule has 122 valence electrons. The number of nitrogens with one attached hydrogen (secondary N) is 1. The topological polar surface area (TPSA) is 82.6 Å². The lowest BCUT2D eigenvalue weighted by Crippen LogP contribution is -2.45. The van der Waals surface area contributed by atoms with E-state index in [-0.39, 0.29) is 5.91 Å². The Bertz CT molecular complexity index is 645. The quantitative estimate of drug-likeness (QED) is 0.835. The Kier molecular flexibility index (Phi) is 5.02. The van der Waals surface area contributed by atoms with Crippen LogP contribution in [0.2, 0.25) is 0 Å². The molecule has 0 spiro atoms. The fourth-order valence-electron chi connectivity index (χ4n) is 2.52. The summed E-state index contributed by atoms with van der Waals surface area (Å²) in [6.45, 7) is 0.771. The summed E-state index contributed by atoms with van der Waals surface area (Å²) in [5.74, 6) is 0.566. The van der Waals surface area contributed by atoms with E-state index in [9.17, 15) is 13.2 Å². The van der Waals surface area contributed by atoms with Gasteiger partial charge in [-0.25, -0.2) is 13.4 Å². The molecule has 0 aliphatic carbocycles. The van der Waals surface area contributed by atoms with Crippen molar-refractivity contribution in [1.82, 2.24) is 14.6 Å². The summed E-state index contributed by atoms with van der Waals surface area (Å²) in [4.78, 5) is 18.3. The Morgan fingerprint density at radius 1 is 1.50 bits per heavy atom. The average Bonchev–Trinajstić information content (AvgIpc) is 2.94. The van der Waals surface area contributed by atoms with E-state index in [0.29, 0.717) is 25.9 Å². The molecule has 0 aromatic carbocycles. The fourth-order valence-corrected chi connectivity index (χ4v) is 3.65. The molecule has 1 aromatic heterocycles. The van der Waals surface area contributed by atoms with Gasteiger partial charge in [0.2, 0.25) is 15.9 Å². The molecule has 1 fully saturated rings. The summed E-state index contributed by atoms with van der Waals surface area (Å²) in [6.07, 6.45) is 4.11. The van der Waals surface area contributed by atoms with Crippen LogP contribution in [-0.4, -0.2) is 56.6 Å². The molecule has 1 amide bonds. The maximum Gasteiger partial charge on any atom is 0.238 e. The van der Waals surface area contributed by atoms with Crippen molar-refractivity contribution in [3.05, 3.63) is 23.9 Å². The van der Waals surface area contributed by atoms with Gasteiger partial charge < -0.3 is 10.2 Å². The fraction of sp³-hybridized carbons (Fsp3) is 0.571. The molecule has 0 unspecified atom stereocenters. The van der Waals surface area contributed by atoms with Crippen LogP contribution in [0.1, 0.15) is 18.4 Å². The normalized spacial score (nSPS) is 19.1. The highest BCUT2D eigenvalue weighted by Gasteiger charge is 2.36. The standard InChI is InChI=1S/C14H22N4O3S/c1-17(2)13-9-11(6-7-15-13)10-16-14(19)12-5-4-8-18(12)22(3,20)21/h6-7,9,12H,4-5,8,10H2,1-3H3,(H,16,19)/t12-/m0/s1. The van der Waals surface area contributed by atoms with Crippen molar-refractivity contribution in [3.8, 4) is 0 Å². The molecule has 2 rings (SSSR count). The Hall–Kier alpha value is -1.67. The molecular formula is C14H22N4O3S. The zero-order valence-electron chi connectivity index (χ0n) is 13.1. The van der Waals surface area contributed by atoms with Gasteiger partial charge in [-0.05, 0) is 30.5 Å². The number of hydrogen-bond acceptors (Lipinski definition) is 5. The molecule has 0 saturated carbocycles. The number of carbonyl (C=O) groups excluding carboxylic acids is 1. The summed E-state index contributed by atoms with van der Waals surface area (Å²) < 4.78 is 24.6. The molecule has 0 bridgehead atoms. The van der Waals surface area contributed by atoms with E-state index in [4.69, 9.17) is 0 Å². The number of aromatic nitrogens is 1.